The maximum atomic E-state index is 11.0. The molecule has 0 saturated carbocycles. The number of rotatable bonds is 4. The molecule has 1 atom stereocenters. The van der Waals surface area contributed by atoms with Gasteiger partial charge < -0.3 is 10.5 Å². The minimum Gasteiger partial charge on any atom is -0.469 e. The Labute approximate surface area is 104 Å². The highest BCUT2D eigenvalue weighted by atomic mass is 35.5. The van der Waals surface area contributed by atoms with Gasteiger partial charge in [-0.2, -0.15) is 0 Å². The van der Waals surface area contributed by atoms with E-state index in [9.17, 15) is 4.79 Å². The summed E-state index contributed by atoms with van der Waals surface area (Å²) in [4.78, 5) is 11.0. The van der Waals surface area contributed by atoms with Crippen molar-refractivity contribution in [3.05, 3.63) is 33.8 Å². The smallest absolute Gasteiger partial charge is 0.307 e. The van der Waals surface area contributed by atoms with E-state index in [2.05, 4.69) is 4.74 Å². The van der Waals surface area contributed by atoms with Crippen molar-refractivity contribution in [2.45, 2.75) is 18.9 Å². The second-order valence-corrected chi connectivity index (χ2v) is 4.26. The van der Waals surface area contributed by atoms with Crippen LogP contribution < -0.4 is 5.73 Å². The third-order valence-electron chi connectivity index (χ3n) is 2.18. The zero-order chi connectivity index (χ0) is 12.1. The lowest BCUT2D eigenvalue weighted by Crippen LogP contribution is -2.27. The van der Waals surface area contributed by atoms with Crippen molar-refractivity contribution in [3.8, 4) is 0 Å². The molecule has 1 rings (SSSR count). The van der Waals surface area contributed by atoms with Gasteiger partial charge in [0, 0.05) is 16.1 Å². The fourth-order valence-electron chi connectivity index (χ4n) is 1.36. The molecule has 88 valence electrons. The van der Waals surface area contributed by atoms with E-state index in [0.717, 1.165) is 5.56 Å². The summed E-state index contributed by atoms with van der Waals surface area (Å²) in [7, 11) is 1.33. The maximum Gasteiger partial charge on any atom is 0.307 e. The van der Waals surface area contributed by atoms with E-state index in [1.165, 1.54) is 7.11 Å². The molecule has 1 aromatic rings. The average molecular weight is 262 g/mol. The molecule has 3 nitrogen and oxygen atoms in total. The van der Waals surface area contributed by atoms with E-state index < -0.39 is 0 Å². The zero-order valence-corrected chi connectivity index (χ0v) is 10.4. The molecule has 0 amide bonds. The lowest BCUT2D eigenvalue weighted by atomic mass is 10.0. The second kappa shape index (κ2) is 6.09. The van der Waals surface area contributed by atoms with Crippen LogP contribution in [0.2, 0.25) is 10.0 Å². The van der Waals surface area contributed by atoms with Crippen LogP contribution in [0.1, 0.15) is 12.0 Å². The Morgan fingerprint density at radius 2 is 2.00 bits per heavy atom. The number of hydrogen-bond donors (Lipinski definition) is 1. The first kappa shape index (κ1) is 13.3. The van der Waals surface area contributed by atoms with Crippen molar-refractivity contribution in [1.29, 1.82) is 0 Å². The molecule has 5 heteroatoms. The van der Waals surface area contributed by atoms with Crippen LogP contribution in [0.4, 0.5) is 0 Å². The maximum absolute atomic E-state index is 11.0. The summed E-state index contributed by atoms with van der Waals surface area (Å²) >= 11 is 12.0. The molecule has 0 aromatic heterocycles. The zero-order valence-electron chi connectivity index (χ0n) is 8.87. The standard InChI is InChI=1S/C11H13Cl2NO2/c1-16-11(15)6-7(14)5-8-9(12)3-2-4-10(8)13/h2-4,7H,5-6,14H2,1H3/t7-/m0/s1. The van der Waals surface area contributed by atoms with Gasteiger partial charge in [-0.15, -0.1) is 0 Å². The van der Waals surface area contributed by atoms with Crippen molar-refractivity contribution < 1.29 is 9.53 Å². The van der Waals surface area contributed by atoms with Crippen LogP contribution in [0.15, 0.2) is 18.2 Å². The van der Waals surface area contributed by atoms with Gasteiger partial charge in [-0.3, -0.25) is 4.79 Å². The van der Waals surface area contributed by atoms with Gasteiger partial charge in [-0.25, -0.2) is 0 Å². The number of carbonyl (C=O) groups is 1. The van der Waals surface area contributed by atoms with Crippen LogP contribution in [0, 0.1) is 0 Å². The van der Waals surface area contributed by atoms with E-state index in [4.69, 9.17) is 28.9 Å². The van der Waals surface area contributed by atoms with E-state index >= 15 is 0 Å². The third-order valence-corrected chi connectivity index (χ3v) is 2.89. The largest absolute Gasteiger partial charge is 0.469 e. The van der Waals surface area contributed by atoms with Gasteiger partial charge in [0.15, 0.2) is 0 Å². The molecule has 16 heavy (non-hydrogen) atoms. The van der Waals surface area contributed by atoms with Crippen LogP contribution >= 0.6 is 23.2 Å². The van der Waals surface area contributed by atoms with Crippen LogP contribution in [0.3, 0.4) is 0 Å². The number of ether oxygens (including phenoxy) is 1. The van der Waals surface area contributed by atoms with Crippen LogP contribution in [-0.4, -0.2) is 19.1 Å². The molecule has 0 bridgehead atoms. The fourth-order valence-corrected chi connectivity index (χ4v) is 1.91. The van der Waals surface area contributed by atoms with Crippen molar-refractivity contribution in [1.82, 2.24) is 0 Å². The fraction of sp³-hybridized carbons (Fsp3) is 0.364. The lowest BCUT2D eigenvalue weighted by Gasteiger charge is -2.12. The van der Waals surface area contributed by atoms with Crippen molar-refractivity contribution in [2.24, 2.45) is 5.73 Å². The molecule has 0 saturated heterocycles. The minimum absolute atomic E-state index is 0.151. The SMILES string of the molecule is COC(=O)C[C@@H](N)Cc1c(Cl)cccc1Cl. The van der Waals surface area contributed by atoms with Gasteiger partial charge >= 0.3 is 5.97 Å². The number of benzene rings is 1. The summed E-state index contributed by atoms with van der Waals surface area (Å²) in [5.41, 5.74) is 6.57. The lowest BCUT2D eigenvalue weighted by molar-refractivity contribution is -0.140. The molecule has 0 aliphatic carbocycles. The average Bonchev–Trinajstić information content (AvgIpc) is 2.23. The van der Waals surface area contributed by atoms with Gasteiger partial charge in [0.25, 0.3) is 0 Å². The Hall–Kier alpha value is -0.770. The summed E-state index contributed by atoms with van der Waals surface area (Å²) < 4.78 is 4.53. The quantitative estimate of drug-likeness (QED) is 0.848. The highest BCUT2D eigenvalue weighted by Gasteiger charge is 2.14. The highest BCUT2D eigenvalue weighted by molar-refractivity contribution is 6.36. The van der Waals surface area contributed by atoms with Gasteiger partial charge in [0.05, 0.1) is 13.5 Å². The molecule has 0 radical (unpaired) electrons. The normalized spacial score (nSPS) is 12.2. The second-order valence-electron chi connectivity index (χ2n) is 3.44. The van der Waals surface area contributed by atoms with E-state index in [-0.39, 0.29) is 18.4 Å². The van der Waals surface area contributed by atoms with E-state index in [1.807, 2.05) is 0 Å². The number of halogens is 2. The van der Waals surface area contributed by atoms with Crippen LogP contribution in [0.5, 0.6) is 0 Å². The minimum atomic E-state index is -0.343. The summed E-state index contributed by atoms with van der Waals surface area (Å²) in [5, 5.41) is 1.13. The van der Waals surface area contributed by atoms with Gasteiger partial charge in [-0.05, 0) is 24.1 Å². The van der Waals surface area contributed by atoms with Crippen molar-refractivity contribution in [2.75, 3.05) is 7.11 Å². The van der Waals surface area contributed by atoms with Gasteiger partial charge in [-0.1, -0.05) is 29.3 Å². The Balaban J connectivity index is 2.69. The number of esters is 1. The monoisotopic (exact) mass is 261 g/mol. The van der Waals surface area contributed by atoms with Crippen LogP contribution in [-0.2, 0) is 16.0 Å². The summed E-state index contributed by atoms with van der Waals surface area (Å²) in [6.07, 6.45) is 0.603. The Morgan fingerprint density at radius 1 is 1.44 bits per heavy atom. The molecule has 0 heterocycles. The summed E-state index contributed by atoms with van der Waals surface area (Å²) in [6.45, 7) is 0. The molecular formula is C11H13Cl2NO2. The van der Waals surface area contributed by atoms with E-state index in [1.54, 1.807) is 18.2 Å². The van der Waals surface area contributed by atoms with Crippen LogP contribution in [0.25, 0.3) is 0 Å². The first-order valence-electron chi connectivity index (χ1n) is 4.80. The first-order chi connectivity index (χ1) is 7.54. The Bertz CT molecular complexity index is 362. The molecular weight excluding hydrogens is 249 g/mol. The molecule has 2 N–H and O–H groups in total. The molecule has 1 aromatic carbocycles. The predicted octanol–water partition coefficient (Wildman–Crippen LogP) is 2.43. The summed E-state index contributed by atoms with van der Waals surface area (Å²) in [5.74, 6) is -0.337. The number of methoxy groups -OCH3 is 1. The van der Waals surface area contributed by atoms with Crippen molar-refractivity contribution >= 4 is 29.2 Å². The highest BCUT2D eigenvalue weighted by Crippen LogP contribution is 2.25. The molecule has 0 spiro atoms. The first-order valence-corrected chi connectivity index (χ1v) is 5.55. The Morgan fingerprint density at radius 3 is 2.50 bits per heavy atom. The molecule has 0 fully saturated rings. The number of nitrogens with two attached hydrogens (primary N) is 1. The topological polar surface area (TPSA) is 52.3 Å². The molecule has 0 aliphatic rings. The van der Waals surface area contributed by atoms with Crippen molar-refractivity contribution in [3.63, 3.8) is 0 Å². The molecule has 0 unspecified atom stereocenters. The predicted molar refractivity (Wildman–Crippen MR) is 64.8 cm³/mol. The third kappa shape index (κ3) is 3.67. The number of hydrogen-bond acceptors (Lipinski definition) is 3. The summed E-state index contributed by atoms with van der Waals surface area (Å²) in [6, 6.07) is 4.91. The van der Waals surface area contributed by atoms with E-state index in [0.29, 0.717) is 16.5 Å². The number of carbonyl (C=O) groups excluding carboxylic acids is 1. The Kier molecular flexibility index (Phi) is 5.06. The van der Waals surface area contributed by atoms with Gasteiger partial charge in [0.2, 0.25) is 0 Å². The molecule has 0 aliphatic heterocycles. The van der Waals surface area contributed by atoms with Gasteiger partial charge in [0.1, 0.15) is 0 Å².